The van der Waals surface area contributed by atoms with Crippen LogP contribution in [0.2, 0.25) is 0 Å². The van der Waals surface area contributed by atoms with E-state index in [1.54, 1.807) is 6.92 Å². The molecule has 0 spiro atoms. The van der Waals surface area contributed by atoms with Gasteiger partial charge in [-0.15, -0.1) is 0 Å². The molecule has 1 saturated carbocycles. The molecule has 1 aliphatic rings. The molecule has 1 N–H and O–H groups in total. The first kappa shape index (κ1) is 15.1. The lowest BCUT2D eigenvalue weighted by Crippen LogP contribution is -2.26. The third kappa shape index (κ3) is 2.89. The summed E-state index contributed by atoms with van der Waals surface area (Å²) in [5, 5.41) is 2.73. The first-order valence-electron chi connectivity index (χ1n) is 6.00. The van der Waals surface area contributed by atoms with Crippen molar-refractivity contribution in [2.24, 2.45) is 5.92 Å². The topological polar surface area (TPSA) is 46.2 Å². The van der Waals surface area contributed by atoms with Crippen molar-refractivity contribution in [3.8, 4) is 0 Å². The van der Waals surface area contributed by atoms with Crippen LogP contribution >= 0.6 is 0 Å². The van der Waals surface area contributed by atoms with Gasteiger partial charge in [0.15, 0.2) is 0 Å². The third-order valence-electron chi connectivity index (χ3n) is 3.25. The van der Waals surface area contributed by atoms with Crippen LogP contribution in [0.1, 0.15) is 19.8 Å². The second-order valence-electron chi connectivity index (χ2n) is 4.86. The van der Waals surface area contributed by atoms with Crippen molar-refractivity contribution < 1.29 is 26.0 Å². The van der Waals surface area contributed by atoms with E-state index in [-0.39, 0.29) is 11.7 Å². The van der Waals surface area contributed by atoms with Gasteiger partial charge < -0.3 is 5.32 Å². The summed E-state index contributed by atoms with van der Waals surface area (Å²) in [6.07, 6.45) is 1.88. The number of rotatable bonds is 4. The summed E-state index contributed by atoms with van der Waals surface area (Å²) in [6, 6.07) is 2.18. The smallest absolute Gasteiger partial charge is 0.381 e. The van der Waals surface area contributed by atoms with Gasteiger partial charge in [-0.05, 0) is 43.9 Å². The maximum absolute atomic E-state index is 13.1. The van der Waals surface area contributed by atoms with E-state index in [2.05, 4.69) is 5.32 Å². The Bertz CT molecular complexity index is 608. The van der Waals surface area contributed by atoms with E-state index >= 15 is 0 Å². The summed E-state index contributed by atoms with van der Waals surface area (Å²) in [4.78, 5) is -1.07. The molecule has 1 aliphatic carbocycles. The van der Waals surface area contributed by atoms with Crippen LogP contribution in [0, 0.1) is 11.7 Å². The summed E-state index contributed by atoms with van der Waals surface area (Å²) in [5.74, 6) is -0.723. The fourth-order valence-corrected chi connectivity index (χ4v) is 2.86. The number of halogens is 4. The van der Waals surface area contributed by atoms with Crippen LogP contribution in [0.3, 0.4) is 0 Å². The van der Waals surface area contributed by atoms with Crippen molar-refractivity contribution in [3.05, 3.63) is 24.0 Å². The van der Waals surface area contributed by atoms with E-state index in [0.717, 1.165) is 25.0 Å². The average Bonchev–Trinajstić information content (AvgIpc) is 3.13. The zero-order valence-corrected chi connectivity index (χ0v) is 11.4. The molecule has 1 fully saturated rings. The van der Waals surface area contributed by atoms with E-state index < -0.39 is 26.1 Å². The molecule has 0 bridgehead atoms. The van der Waals surface area contributed by atoms with Gasteiger partial charge in [0.2, 0.25) is 0 Å². The lowest BCUT2D eigenvalue weighted by Gasteiger charge is -2.18. The quantitative estimate of drug-likeness (QED) is 0.868. The fourth-order valence-electron chi connectivity index (χ4n) is 1.92. The highest BCUT2D eigenvalue weighted by atomic mass is 32.2. The molecule has 0 aromatic heterocycles. The number of anilines is 1. The Labute approximate surface area is 113 Å². The Morgan fingerprint density at radius 3 is 2.40 bits per heavy atom. The monoisotopic (exact) mass is 311 g/mol. The Morgan fingerprint density at radius 2 is 1.90 bits per heavy atom. The highest BCUT2D eigenvalue weighted by Gasteiger charge is 2.48. The summed E-state index contributed by atoms with van der Waals surface area (Å²) < 4.78 is 73.8. The lowest BCUT2D eigenvalue weighted by atomic mass is 10.2. The summed E-state index contributed by atoms with van der Waals surface area (Å²) >= 11 is 0. The minimum Gasteiger partial charge on any atom is -0.381 e. The van der Waals surface area contributed by atoms with Gasteiger partial charge in [-0.1, -0.05) is 0 Å². The number of benzene rings is 1. The van der Waals surface area contributed by atoms with Gasteiger partial charge >= 0.3 is 5.51 Å². The van der Waals surface area contributed by atoms with E-state index in [0.29, 0.717) is 12.0 Å². The number of hydrogen-bond acceptors (Lipinski definition) is 3. The number of sulfone groups is 1. The molecule has 0 amide bonds. The minimum atomic E-state index is -5.58. The molecular weight excluding hydrogens is 298 g/mol. The molecular formula is C12H13F4NO2S. The molecule has 8 heteroatoms. The predicted molar refractivity (Wildman–Crippen MR) is 65.4 cm³/mol. The summed E-state index contributed by atoms with van der Waals surface area (Å²) in [6.45, 7) is 1.75. The van der Waals surface area contributed by atoms with Crippen LogP contribution in [0.25, 0.3) is 0 Å². The Balaban J connectivity index is 2.43. The van der Waals surface area contributed by atoms with E-state index in [9.17, 15) is 26.0 Å². The summed E-state index contributed by atoms with van der Waals surface area (Å²) in [7, 11) is -5.58. The van der Waals surface area contributed by atoms with Crippen molar-refractivity contribution >= 4 is 15.5 Å². The normalized spacial score (nSPS) is 17.9. The van der Waals surface area contributed by atoms with Gasteiger partial charge in [0.25, 0.3) is 9.84 Å². The maximum atomic E-state index is 13.1. The zero-order chi connectivity index (χ0) is 15.1. The largest absolute Gasteiger partial charge is 0.501 e. The van der Waals surface area contributed by atoms with Crippen molar-refractivity contribution in [3.63, 3.8) is 0 Å². The highest BCUT2D eigenvalue weighted by Crippen LogP contribution is 2.38. The van der Waals surface area contributed by atoms with Crippen molar-refractivity contribution in [1.29, 1.82) is 0 Å². The molecule has 1 aromatic carbocycles. The molecule has 0 saturated heterocycles. The van der Waals surface area contributed by atoms with Gasteiger partial charge in [-0.25, -0.2) is 12.8 Å². The van der Waals surface area contributed by atoms with Crippen molar-refractivity contribution in [1.82, 2.24) is 0 Å². The fraction of sp³-hybridized carbons (Fsp3) is 0.500. The first-order chi connectivity index (χ1) is 9.13. The zero-order valence-electron chi connectivity index (χ0n) is 10.5. The van der Waals surface area contributed by atoms with Gasteiger partial charge in [-0.3, -0.25) is 0 Å². The van der Waals surface area contributed by atoms with Crippen LogP contribution < -0.4 is 5.32 Å². The van der Waals surface area contributed by atoms with Gasteiger partial charge in [0.05, 0.1) is 5.69 Å². The van der Waals surface area contributed by atoms with Crippen molar-refractivity contribution in [2.45, 2.75) is 36.2 Å². The molecule has 1 aromatic rings. The van der Waals surface area contributed by atoms with E-state index in [1.807, 2.05) is 0 Å². The minimum absolute atomic E-state index is 0.164. The third-order valence-corrected chi connectivity index (χ3v) is 4.78. The molecule has 0 aliphatic heterocycles. The maximum Gasteiger partial charge on any atom is 0.501 e. The molecule has 2 rings (SSSR count). The number of nitrogens with one attached hydrogen (secondary N) is 1. The van der Waals surface area contributed by atoms with Crippen LogP contribution in [-0.2, 0) is 9.84 Å². The van der Waals surface area contributed by atoms with Gasteiger partial charge in [-0.2, -0.15) is 13.2 Å². The van der Waals surface area contributed by atoms with Crippen LogP contribution in [0.4, 0.5) is 23.2 Å². The predicted octanol–water partition coefficient (Wildman–Crippen LogP) is 3.33. The molecule has 20 heavy (non-hydrogen) atoms. The average molecular weight is 311 g/mol. The molecule has 1 unspecified atom stereocenters. The highest BCUT2D eigenvalue weighted by molar-refractivity contribution is 7.92. The Morgan fingerprint density at radius 1 is 1.30 bits per heavy atom. The Kier molecular flexibility index (Phi) is 3.70. The number of alkyl halides is 3. The van der Waals surface area contributed by atoms with Gasteiger partial charge in [0.1, 0.15) is 10.7 Å². The van der Waals surface area contributed by atoms with Crippen LogP contribution in [0.15, 0.2) is 23.1 Å². The molecule has 1 atom stereocenters. The van der Waals surface area contributed by atoms with Crippen LogP contribution in [0.5, 0.6) is 0 Å². The van der Waals surface area contributed by atoms with E-state index in [4.69, 9.17) is 0 Å². The molecule has 0 radical (unpaired) electrons. The van der Waals surface area contributed by atoms with Gasteiger partial charge in [0, 0.05) is 6.04 Å². The molecule has 112 valence electrons. The van der Waals surface area contributed by atoms with Crippen molar-refractivity contribution in [2.75, 3.05) is 5.32 Å². The van der Waals surface area contributed by atoms with E-state index in [1.165, 1.54) is 0 Å². The molecule has 0 heterocycles. The SMILES string of the molecule is CC(Nc1ccc(F)cc1S(=O)(=O)C(F)(F)F)C1CC1. The standard InChI is InChI=1S/C12H13F4NO2S/c1-7(8-2-3-8)17-10-5-4-9(13)6-11(10)20(18,19)12(14,15)16/h4-8,17H,2-3H2,1H3. The lowest BCUT2D eigenvalue weighted by molar-refractivity contribution is -0.0435. The second-order valence-corrected chi connectivity index (χ2v) is 6.77. The second kappa shape index (κ2) is 4.91. The Hall–Kier alpha value is -1.31. The first-order valence-corrected chi connectivity index (χ1v) is 7.48. The summed E-state index contributed by atoms with van der Waals surface area (Å²) in [5.41, 5.74) is -5.68. The number of hydrogen-bond donors (Lipinski definition) is 1. The molecule has 3 nitrogen and oxygen atoms in total. The van der Waals surface area contributed by atoms with Crippen LogP contribution in [-0.4, -0.2) is 20.0 Å².